The molecule has 0 aliphatic carbocycles. The minimum absolute atomic E-state index is 0.0367. The first kappa shape index (κ1) is 20.1. The van der Waals surface area contributed by atoms with Crippen molar-refractivity contribution in [2.24, 2.45) is 0 Å². The number of hydrogen-bond donors (Lipinski definition) is 0. The Labute approximate surface area is 175 Å². The highest BCUT2D eigenvalue weighted by molar-refractivity contribution is 5.81. The van der Waals surface area contributed by atoms with E-state index in [2.05, 4.69) is 0 Å². The fraction of sp³-hybridized carbons (Fsp3) is 0.375. The summed E-state index contributed by atoms with van der Waals surface area (Å²) in [6.07, 6.45) is 4.85. The zero-order valence-corrected chi connectivity index (χ0v) is 17.1. The Morgan fingerprint density at radius 3 is 2.20 bits per heavy atom. The molecule has 1 aliphatic rings. The average molecular weight is 405 g/mol. The third-order valence-corrected chi connectivity index (χ3v) is 5.85. The van der Waals surface area contributed by atoms with E-state index in [1.807, 2.05) is 35.2 Å². The third kappa shape index (κ3) is 4.22. The molecule has 4 rings (SSSR count). The summed E-state index contributed by atoms with van der Waals surface area (Å²) < 4.78 is 2.74. The molecule has 0 spiro atoms. The first-order valence-electron chi connectivity index (χ1n) is 10.7. The van der Waals surface area contributed by atoms with E-state index >= 15 is 0 Å². The molecule has 6 nitrogen and oxygen atoms in total. The Balaban J connectivity index is 1.70. The molecular weight excluding hydrogens is 378 g/mol. The summed E-state index contributed by atoms with van der Waals surface area (Å²) in [5.41, 5.74) is 0.860. The molecule has 0 N–H and O–H groups in total. The lowest BCUT2D eigenvalue weighted by Gasteiger charge is -2.22. The number of carbonyl (C=O) groups is 1. The van der Waals surface area contributed by atoms with Crippen molar-refractivity contribution in [2.45, 2.75) is 45.2 Å². The molecule has 1 amide bonds. The molecule has 0 saturated carbocycles. The number of aryl methyl sites for hydroxylation is 1. The van der Waals surface area contributed by atoms with Crippen LogP contribution in [-0.4, -0.2) is 33.0 Å². The van der Waals surface area contributed by atoms with Gasteiger partial charge in [0.05, 0.1) is 10.9 Å². The Morgan fingerprint density at radius 1 is 0.800 bits per heavy atom. The maximum absolute atomic E-state index is 13.3. The van der Waals surface area contributed by atoms with Gasteiger partial charge in [0.1, 0.15) is 6.54 Å². The standard InChI is InChI=1S/C24H27N3O3/c28-22(25-15-8-1-2-9-16-25)18-27-21-13-7-6-12-20(21)23(29)26(24(27)30)17-14-19-10-4-3-5-11-19/h3-7,10-13H,1-2,8-9,14-18H2. The van der Waals surface area contributed by atoms with Crippen LogP contribution in [0.3, 0.4) is 0 Å². The van der Waals surface area contributed by atoms with Gasteiger partial charge in [0.15, 0.2) is 0 Å². The zero-order valence-electron chi connectivity index (χ0n) is 17.1. The average Bonchev–Trinajstić information content (AvgIpc) is 3.07. The van der Waals surface area contributed by atoms with Crippen LogP contribution >= 0.6 is 0 Å². The number of rotatable bonds is 5. The monoisotopic (exact) mass is 405 g/mol. The first-order chi connectivity index (χ1) is 14.6. The number of fused-ring (bicyclic) bond motifs is 1. The number of hydrogen-bond acceptors (Lipinski definition) is 3. The summed E-state index contributed by atoms with van der Waals surface area (Å²) in [5.74, 6) is -0.0580. The smallest absolute Gasteiger partial charge is 0.331 e. The maximum Gasteiger partial charge on any atom is 0.331 e. The van der Waals surface area contributed by atoms with Gasteiger partial charge in [-0.3, -0.25) is 18.7 Å². The molecule has 1 saturated heterocycles. The van der Waals surface area contributed by atoms with Gasteiger partial charge in [-0.15, -0.1) is 0 Å². The van der Waals surface area contributed by atoms with Gasteiger partial charge in [-0.2, -0.15) is 0 Å². The van der Waals surface area contributed by atoms with Crippen LogP contribution in [0.5, 0.6) is 0 Å². The lowest BCUT2D eigenvalue weighted by atomic mass is 10.1. The number of amides is 1. The summed E-state index contributed by atoms with van der Waals surface area (Å²) in [5, 5.41) is 0.467. The Kier molecular flexibility index (Phi) is 6.12. The lowest BCUT2D eigenvalue weighted by Crippen LogP contribution is -2.44. The molecule has 3 aromatic rings. The van der Waals surface area contributed by atoms with Crippen LogP contribution in [0.2, 0.25) is 0 Å². The van der Waals surface area contributed by atoms with Gasteiger partial charge >= 0.3 is 5.69 Å². The van der Waals surface area contributed by atoms with Crippen molar-refractivity contribution in [3.8, 4) is 0 Å². The van der Waals surface area contributed by atoms with E-state index in [1.54, 1.807) is 24.3 Å². The van der Waals surface area contributed by atoms with Gasteiger partial charge in [0.25, 0.3) is 5.56 Å². The molecule has 6 heteroatoms. The topological polar surface area (TPSA) is 64.3 Å². The predicted molar refractivity (Wildman–Crippen MR) is 118 cm³/mol. The number of para-hydroxylation sites is 1. The van der Waals surface area contributed by atoms with Crippen molar-refractivity contribution in [1.82, 2.24) is 14.0 Å². The number of likely N-dealkylation sites (tertiary alicyclic amines) is 1. The molecule has 1 aromatic heterocycles. The number of benzene rings is 2. The van der Waals surface area contributed by atoms with E-state index in [4.69, 9.17) is 0 Å². The van der Waals surface area contributed by atoms with Crippen LogP contribution < -0.4 is 11.2 Å². The van der Waals surface area contributed by atoms with E-state index < -0.39 is 5.69 Å². The number of aromatic nitrogens is 2. The minimum Gasteiger partial charge on any atom is -0.341 e. The molecule has 0 radical (unpaired) electrons. The van der Waals surface area contributed by atoms with Gasteiger partial charge in [0.2, 0.25) is 5.91 Å². The van der Waals surface area contributed by atoms with Crippen molar-refractivity contribution >= 4 is 16.8 Å². The summed E-state index contributed by atoms with van der Waals surface area (Å²) in [6.45, 7) is 1.72. The second-order valence-corrected chi connectivity index (χ2v) is 7.87. The van der Waals surface area contributed by atoms with Gasteiger partial charge in [-0.1, -0.05) is 55.3 Å². The van der Waals surface area contributed by atoms with Crippen molar-refractivity contribution in [3.63, 3.8) is 0 Å². The largest absolute Gasteiger partial charge is 0.341 e. The molecule has 2 heterocycles. The summed E-state index contributed by atoms with van der Waals surface area (Å²) in [4.78, 5) is 41.1. The quantitative estimate of drug-likeness (QED) is 0.656. The molecular formula is C24H27N3O3. The molecule has 0 atom stereocenters. The van der Waals surface area contributed by atoms with E-state index in [0.29, 0.717) is 17.3 Å². The normalized spacial score (nSPS) is 14.6. The maximum atomic E-state index is 13.3. The fourth-order valence-corrected chi connectivity index (χ4v) is 4.16. The lowest BCUT2D eigenvalue weighted by molar-refractivity contribution is -0.131. The second kappa shape index (κ2) is 9.11. The van der Waals surface area contributed by atoms with E-state index in [1.165, 1.54) is 9.13 Å². The van der Waals surface area contributed by atoms with Crippen LogP contribution in [-0.2, 0) is 24.3 Å². The van der Waals surface area contributed by atoms with Gasteiger partial charge in [-0.05, 0) is 37.0 Å². The van der Waals surface area contributed by atoms with E-state index in [-0.39, 0.29) is 24.6 Å². The second-order valence-electron chi connectivity index (χ2n) is 7.87. The highest BCUT2D eigenvalue weighted by atomic mass is 16.2. The van der Waals surface area contributed by atoms with Gasteiger partial charge < -0.3 is 4.90 Å². The molecule has 30 heavy (non-hydrogen) atoms. The Morgan fingerprint density at radius 2 is 1.47 bits per heavy atom. The van der Waals surface area contributed by atoms with Crippen LogP contribution in [0, 0.1) is 0 Å². The van der Waals surface area contributed by atoms with Gasteiger partial charge in [0, 0.05) is 19.6 Å². The Bertz CT molecular complexity index is 1140. The van der Waals surface area contributed by atoms with Crippen molar-refractivity contribution < 1.29 is 4.79 Å². The predicted octanol–water partition coefficient (Wildman–Crippen LogP) is 2.81. The van der Waals surface area contributed by atoms with Crippen LogP contribution in [0.4, 0.5) is 0 Å². The minimum atomic E-state index is -0.419. The molecule has 156 valence electrons. The van der Waals surface area contributed by atoms with Crippen molar-refractivity contribution in [1.29, 1.82) is 0 Å². The van der Waals surface area contributed by atoms with Crippen molar-refractivity contribution in [2.75, 3.05) is 13.1 Å². The van der Waals surface area contributed by atoms with Crippen LogP contribution in [0.15, 0.2) is 64.2 Å². The van der Waals surface area contributed by atoms with E-state index in [0.717, 1.165) is 44.3 Å². The van der Waals surface area contributed by atoms with E-state index in [9.17, 15) is 14.4 Å². The third-order valence-electron chi connectivity index (χ3n) is 5.85. The molecule has 0 unspecified atom stereocenters. The highest BCUT2D eigenvalue weighted by Gasteiger charge is 2.19. The van der Waals surface area contributed by atoms with Crippen LogP contribution in [0.25, 0.3) is 10.9 Å². The SMILES string of the molecule is O=C(Cn1c(=O)n(CCc2ccccc2)c(=O)c2ccccc21)N1CCCCCC1. The molecule has 2 aromatic carbocycles. The zero-order chi connectivity index (χ0) is 20.9. The molecule has 1 fully saturated rings. The number of nitrogens with zero attached hydrogens (tertiary/aromatic N) is 3. The molecule has 1 aliphatic heterocycles. The summed E-state index contributed by atoms with van der Waals surface area (Å²) in [7, 11) is 0. The summed E-state index contributed by atoms with van der Waals surface area (Å²) >= 11 is 0. The highest BCUT2D eigenvalue weighted by Crippen LogP contribution is 2.12. The Hall–Kier alpha value is -3.15. The fourth-order valence-electron chi connectivity index (χ4n) is 4.16. The number of carbonyl (C=O) groups excluding carboxylic acids is 1. The van der Waals surface area contributed by atoms with Crippen LogP contribution in [0.1, 0.15) is 31.2 Å². The first-order valence-corrected chi connectivity index (χ1v) is 10.7. The van der Waals surface area contributed by atoms with Crippen molar-refractivity contribution in [3.05, 3.63) is 81.0 Å². The summed E-state index contributed by atoms with van der Waals surface area (Å²) in [6, 6.07) is 16.8. The van der Waals surface area contributed by atoms with Gasteiger partial charge in [-0.25, -0.2) is 4.79 Å². The molecule has 0 bridgehead atoms.